The van der Waals surface area contributed by atoms with E-state index in [1.165, 1.54) is 23.5 Å². The first kappa shape index (κ1) is 52.3. The molecule has 1 aromatic heterocycles. The molecule has 2 aliphatic rings. The summed E-state index contributed by atoms with van der Waals surface area (Å²) in [6.45, 7) is 2.48. The first-order chi connectivity index (χ1) is 31.3. The Morgan fingerprint density at radius 2 is 0.939 bits per heavy atom. The van der Waals surface area contributed by atoms with E-state index in [1.807, 2.05) is 0 Å². The van der Waals surface area contributed by atoms with E-state index < -0.39 is 47.9 Å². The summed E-state index contributed by atoms with van der Waals surface area (Å²) in [5.74, 6) is -1.99. The van der Waals surface area contributed by atoms with E-state index in [9.17, 15) is 45.5 Å². The molecule has 2 aliphatic heterocycles. The minimum absolute atomic E-state index is 0.0294. The second-order valence-electron chi connectivity index (χ2n) is 16.8. The third-order valence-corrected chi connectivity index (χ3v) is 14.3. The number of amidine groups is 2. The van der Waals surface area contributed by atoms with Gasteiger partial charge in [-0.05, 0) is 104 Å². The van der Waals surface area contributed by atoms with E-state index in [1.54, 1.807) is 0 Å². The van der Waals surface area contributed by atoms with Gasteiger partial charge in [-0.1, -0.05) is 12.8 Å². The predicted octanol–water partition coefficient (Wildman–Crippen LogP) is 8.27. The summed E-state index contributed by atoms with van der Waals surface area (Å²) in [6.07, 6.45) is -4.67. The molecule has 0 bridgehead atoms. The Hall–Kier alpha value is -4.66. The normalized spacial score (nSPS) is 16.4. The standard InChI is InChI=1S/C46H56F6N8O4S2/c47-45(48,49)31-15-27(19-33(61)7-3-1-5-9-41(53)54)43(65-35-11-13-57-24-35)29(17-31)21-39(63)37-23-38(60-26-59-37)40(64)22-30-18-32(46(50,51)52)16-28(44(30)66-36-12-14-58-25-36)20-34(62)8-4-2-6-10-42(55)56/h15-18,23,26,35-36,57-58H,1-14,19-22,24-25H2,(H3,53,54)(H3,55,56)/t35-,36-/m0/s1. The van der Waals surface area contributed by atoms with Gasteiger partial charge >= 0.3 is 12.4 Å². The van der Waals surface area contributed by atoms with Gasteiger partial charge in [0, 0.05) is 84.7 Å². The number of rotatable bonds is 26. The highest BCUT2D eigenvalue weighted by Gasteiger charge is 2.35. The van der Waals surface area contributed by atoms with Crippen molar-refractivity contribution in [3.63, 3.8) is 0 Å². The van der Waals surface area contributed by atoms with Crippen LogP contribution in [0.1, 0.15) is 131 Å². The van der Waals surface area contributed by atoms with E-state index in [4.69, 9.17) is 22.3 Å². The second kappa shape index (κ2) is 24.4. The number of hydrogen-bond donors (Lipinski definition) is 6. The van der Waals surface area contributed by atoms with Gasteiger partial charge in [-0.2, -0.15) is 26.3 Å². The van der Waals surface area contributed by atoms with Gasteiger partial charge in [-0.15, -0.1) is 23.5 Å². The molecule has 66 heavy (non-hydrogen) atoms. The number of hydrogen-bond acceptors (Lipinski definition) is 12. The molecule has 0 unspecified atom stereocenters. The molecule has 8 N–H and O–H groups in total. The lowest BCUT2D eigenvalue weighted by molar-refractivity contribution is -0.138. The average molecular weight is 963 g/mol. The maximum Gasteiger partial charge on any atom is 0.416 e. The third-order valence-electron chi connectivity index (χ3n) is 11.3. The number of nitrogens with one attached hydrogen (secondary N) is 4. The van der Waals surface area contributed by atoms with Gasteiger partial charge in [0.2, 0.25) is 0 Å². The van der Waals surface area contributed by atoms with Crippen LogP contribution in [0, 0.1) is 10.8 Å². The molecule has 2 atom stereocenters. The average Bonchev–Trinajstić information content (AvgIpc) is 3.97. The Morgan fingerprint density at radius 3 is 1.27 bits per heavy atom. The van der Waals surface area contributed by atoms with Gasteiger partial charge in [0.15, 0.2) is 11.6 Å². The highest BCUT2D eigenvalue weighted by atomic mass is 32.2. The third kappa shape index (κ3) is 16.3. The monoisotopic (exact) mass is 962 g/mol. The number of ketones is 4. The van der Waals surface area contributed by atoms with Crippen LogP contribution in [-0.4, -0.2) is 81.5 Å². The molecular formula is C46H56F6N8O4S2. The molecule has 3 heterocycles. The molecule has 5 rings (SSSR count). The number of thioether (sulfide) groups is 2. The van der Waals surface area contributed by atoms with Crippen LogP contribution < -0.4 is 22.1 Å². The number of carbonyl (C=O) groups is 4. The van der Waals surface area contributed by atoms with Gasteiger partial charge in [-0.25, -0.2) is 9.97 Å². The van der Waals surface area contributed by atoms with Crippen molar-refractivity contribution in [1.29, 1.82) is 10.8 Å². The van der Waals surface area contributed by atoms with Crippen LogP contribution in [0.15, 0.2) is 46.5 Å². The molecule has 2 fully saturated rings. The molecule has 0 spiro atoms. The summed E-state index contributed by atoms with van der Waals surface area (Å²) in [5.41, 5.74) is 8.53. The maximum absolute atomic E-state index is 14.4. The Morgan fingerprint density at radius 1 is 0.576 bits per heavy atom. The van der Waals surface area contributed by atoms with Crippen molar-refractivity contribution in [3.05, 3.63) is 81.4 Å². The van der Waals surface area contributed by atoms with Crippen molar-refractivity contribution < 1.29 is 45.5 Å². The van der Waals surface area contributed by atoms with Crippen molar-refractivity contribution >= 4 is 58.3 Å². The van der Waals surface area contributed by atoms with E-state index in [2.05, 4.69) is 20.6 Å². The molecule has 3 aromatic rings. The number of unbranched alkanes of at least 4 members (excludes halogenated alkanes) is 4. The van der Waals surface area contributed by atoms with Gasteiger partial charge in [0.05, 0.1) is 22.8 Å². The number of aromatic nitrogens is 2. The van der Waals surface area contributed by atoms with E-state index in [0.29, 0.717) is 100 Å². The summed E-state index contributed by atoms with van der Waals surface area (Å²) in [5, 5.41) is 21.1. The van der Waals surface area contributed by atoms with E-state index in [-0.39, 0.29) is 93.1 Å². The molecule has 2 saturated heterocycles. The highest BCUT2D eigenvalue weighted by molar-refractivity contribution is 8.00. The molecular weight excluding hydrogens is 907 g/mol. The minimum atomic E-state index is -4.81. The van der Waals surface area contributed by atoms with E-state index >= 15 is 0 Å². The smallest absolute Gasteiger partial charge is 0.388 e. The molecule has 0 aliphatic carbocycles. The van der Waals surface area contributed by atoms with Crippen molar-refractivity contribution in [1.82, 2.24) is 20.6 Å². The van der Waals surface area contributed by atoms with Gasteiger partial charge < -0.3 is 22.1 Å². The van der Waals surface area contributed by atoms with Crippen molar-refractivity contribution in [3.8, 4) is 0 Å². The highest BCUT2D eigenvalue weighted by Crippen LogP contribution is 2.41. The molecule has 20 heteroatoms. The Labute approximate surface area is 388 Å². The fourth-order valence-electron chi connectivity index (χ4n) is 7.87. The lowest BCUT2D eigenvalue weighted by Gasteiger charge is -2.20. The SMILES string of the molecule is N=C(N)CCCCCC(=O)Cc1cc(C(F)(F)F)cc(CC(=O)c2cc(C(=O)Cc3cc(C(F)(F)F)cc(CC(=O)CCCCCC(=N)N)c3S[C@H]3CCNC3)ncn2)c1S[C@H]1CCNC1. The molecule has 12 nitrogen and oxygen atoms in total. The first-order valence-electron chi connectivity index (χ1n) is 22.0. The maximum atomic E-state index is 14.4. The van der Waals surface area contributed by atoms with Crippen LogP contribution in [0.2, 0.25) is 0 Å². The first-order valence-corrected chi connectivity index (χ1v) is 23.8. The molecule has 0 saturated carbocycles. The summed E-state index contributed by atoms with van der Waals surface area (Å²) in [7, 11) is 0. The van der Waals surface area contributed by atoms with Gasteiger partial charge in [0.1, 0.15) is 29.3 Å². The number of halogens is 6. The molecule has 0 amide bonds. The Bertz CT molecular complexity index is 2090. The zero-order valence-corrected chi connectivity index (χ0v) is 38.2. The van der Waals surface area contributed by atoms with Crippen LogP contribution in [0.25, 0.3) is 0 Å². The lowest BCUT2D eigenvalue weighted by atomic mass is 9.95. The number of benzene rings is 2. The van der Waals surface area contributed by atoms with Crippen LogP contribution in [-0.2, 0) is 47.6 Å². The number of nitrogens with two attached hydrogens (primary N) is 2. The second-order valence-corrected chi connectivity index (χ2v) is 19.4. The van der Waals surface area contributed by atoms with Crippen molar-refractivity contribution in [2.75, 3.05) is 26.2 Å². The minimum Gasteiger partial charge on any atom is -0.388 e. The zero-order chi connectivity index (χ0) is 48.0. The van der Waals surface area contributed by atoms with Crippen LogP contribution in [0.5, 0.6) is 0 Å². The largest absolute Gasteiger partial charge is 0.416 e. The molecule has 2 aromatic carbocycles. The quantitative estimate of drug-likeness (QED) is 0.0147. The molecule has 358 valence electrons. The summed E-state index contributed by atoms with van der Waals surface area (Å²) in [4.78, 5) is 63.2. The van der Waals surface area contributed by atoms with Gasteiger partial charge in [-0.3, -0.25) is 30.0 Å². The summed E-state index contributed by atoms with van der Waals surface area (Å²) < 4.78 is 86.4. The number of carbonyl (C=O) groups excluding carboxylic acids is 4. The van der Waals surface area contributed by atoms with Crippen molar-refractivity contribution in [2.24, 2.45) is 11.5 Å². The van der Waals surface area contributed by atoms with Crippen molar-refractivity contribution in [2.45, 2.75) is 135 Å². The number of Topliss-reactive ketones (excluding diaryl/α,β-unsaturated/α-hetero) is 4. The summed E-state index contributed by atoms with van der Waals surface area (Å²) >= 11 is 2.59. The topological polar surface area (TPSA) is 218 Å². The fourth-order valence-corrected chi connectivity index (χ4v) is 10.5. The van der Waals surface area contributed by atoms with Crippen LogP contribution >= 0.6 is 23.5 Å². The predicted molar refractivity (Wildman–Crippen MR) is 243 cm³/mol. The lowest BCUT2D eigenvalue weighted by Crippen LogP contribution is -2.17. The molecule has 0 radical (unpaired) electrons. The fraction of sp³-hybridized carbons (Fsp3) is 0.522. The van der Waals surface area contributed by atoms with Crippen LogP contribution in [0.4, 0.5) is 26.3 Å². The summed E-state index contributed by atoms with van der Waals surface area (Å²) in [6, 6.07) is 4.79. The van der Waals surface area contributed by atoms with Gasteiger partial charge in [0.25, 0.3) is 0 Å². The number of nitrogens with zero attached hydrogens (tertiary/aromatic N) is 2. The van der Waals surface area contributed by atoms with Crippen LogP contribution in [0.3, 0.4) is 0 Å². The zero-order valence-electron chi connectivity index (χ0n) is 36.5. The number of alkyl halides is 6. The van der Waals surface area contributed by atoms with E-state index in [0.717, 1.165) is 36.7 Å². The Kier molecular flexibility index (Phi) is 19.3. The Balaban J connectivity index is 1.42.